The van der Waals surface area contributed by atoms with Crippen molar-refractivity contribution in [2.75, 3.05) is 0 Å². The summed E-state index contributed by atoms with van der Waals surface area (Å²) in [5, 5.41) is 46.9. The molecule has 3 aliphatic rings. The van der Waals surface area contributed by atoms with Crippen LogP contribution in [0.25, 0.3) is 21.5 Å². The molecule has 2 aliphatic carbocycles. The lowest BCUT2D eigenvalue weighted by Gasteiger charge is -2.53. The zero-order valence-corrected chi connectivity index (χ0v) is 30.0. The predicted molar refractivity (Wildman–Crippen MR) is 188 cm³/mol. The number of esters is 1. The molecule has 4 aromatic rings. The quantitative estimate of drug-likeness (QED) is 0.133. The lowest BCUT2D eigenvalue weighted by Crippen LogP contribution is -2.67. The minimum Gasteiger partial charge on any atom is -0.507 e. The monoisotopic (exact) mass is 692 g/mol. The number of phenols is 4. The topological polar surface area (TPSA) is 176 Å². The van der Waals surface area contributed by atoms with Gasteiger partial charge < -0.3 is 25.2 Å². The normalized spacial score (nSPS) is 25.1. The van der Waals surface area contributed by atoms with Crippen LogP contribution in [0, 0.1) is 17.8 Å². The maximum Gasteiger partial charge on any atom is 0.342 e. The standard InChI is InChI=1S/C41H40O10/c1-10-20-16(2)11-18-13-22-29(32(45)26(18)30(20)43)34(47)41(9,36(49)38(22,4)5)40(8)33(46)28-23(39(6,7)37(40)50)14-19-15-24(42)27-21(25(19)31(28)44)12-17(3)51-35(27)48/h11,13-15,17,42-45H,10,12H2,1-9H3. The van der Waals surface area contributed by atoms with Crippen LogP contribution < -0.4 is 0 Å². The van der Waals surface area contributed by atoms with Crippen LogP contribution in [0.1, 0.15) is 114 Å². The molecule has 3 atom stereocenters. The first-order valence-electron chi connectivity index (χ1n) is 17.1. The van der Waals surface area contributed by atoms with E-state index in [1.165, 1.54) is 26.0 Å². The second-order valence-corrected chi connectivity index (χ2v) is 15.9. The van der Waals surface area contributed by atoms with E-state index in [9.17, 15) is 34.8 Å². The summed E-state index contributed by atoms with van der Waals surface area (Å²) in [6, 6.07) is 6.16. The number of fused-ring (bicyclic) bond motifs is 6. The molecule has 10 nitrogen and oxygen atoms in total. The van der Waals surface area contributed by atoms with Crippen LogP contribution >= 0.6 is 0 Å². The first-order chi connectivity index (χ1) is 23.6. The fourth-order valence-electron chi connectivity index (χ4n) is 9.33. The number of phenolic OH excluding ortho intramolecular Hbond substituents is 4. The maximum atomic E-state index is 15.1. The molecule has 0 radical (unpaired) electrons. The Bertz CT molecular complexity index is 2400. The smallest absolute Gasteiger partial charge is 0.342 e. The van der Waals surface area contributed by atoms with Gasteiger partial charge in [-0.3, -0.25) is 19.2 Å². The second-order valence-electron chi connectivity index (χ2n) is 15.9. The fourth-order valence-corrected chi connectivity index (χ4v) is 9.33. The zero-order chi connectivity index (χ0) is 37.7. The first kappa shape index (κ1) is 34.2. The number of rotatable bonds is 2. The third-order valence-electron chi connectivity index (χ3n) is 12.3. The number of carbonyl (C=O) groups excluding carboxylic acids is 5. The van der Waals surface area contributed by atoms with Gasteiger partial charge in [0.2, 0.25) is 0 Å². The summed E-state index contributed by atoms with van der Waals surface area (Å²) in [6.45, 7) is 14.0. The molecule has 1 heterocycles. The third-order valence-corrected chi connectivity index (χ3v) is 12.3. The Balaban J connectivity index is 1.54. The first-order valence-corrected chi connectivity index (χ1v) is 17.1. The van der Waals surface area contributed by atoms with Gasteiger partial charge in [-0.15, -0.1) is 0 Å². The average Bonchev–Trinajstić information content (AvgIpc) is 3.04. The third kappa shape index (κ3) is 3.85. The van der Waals surface area contributed by atoms with Crippen LogP contribution in [0.3, 0.4) is 0 Å². The Labute approximate surface area is 294 Å². The largest absolute Gasteiger partial charge is 0.507 e. The van der Waals surface area contributed by atoms with Gasteiger partial charge in [-0.25, -0.2) is 4.79 Å². The van der Waals surface area contributed by atoms with Gasteiger partial charge in [-0.1, -0.05) is 13.0 Å². The Morgan fingerprint density at radius 1 is 0.686 bits per heavy atom. The molecular weight excluding hydrogens is 652 g/mol. The molecule has 0 aromatic heterocycles. The summed E-state index contributed by atoms with van der Waals surface area (Å²) < 4.78 is 5.32. The number of carbonyl (C=O) groups is 5. The minimum atomic E-state index is -2.40. The molecule has 0 spiro atoms. The maximum absolute atomic E-state index is 15.1. The van der Waals surface area contributed by atoms with Gasteiger partial charge in [-0.2, -0.15) is 0 Å². The highest BCUT2D eigenvalue weighted by atomic mass is 16.5. The van der Waals surface area contributed by atoms with Gasteiger partial charge in [0.05, 0.1) is 27.3 Å². The van der Waals surface area contributed by atoms with E-state index in [1.54, 1.807) is 46.8 Å². The number of ketones is 4. The minimum absolute atomic E-state index is 0.0269. The number of aryl methyl sites for hydroxylation is 1. The van der Waals surface area contributed by atoms with Crippen molar-refractivity contribution in [1.29, 1.82) is 0 Å². The number of hydrogen-bond acceptors (Lipinski definition) is 10. The van der Waals surface area contributed by atoms with Crippen LogP contribution in [0.5, 0.6) is 23.0 Å². The summed E-state index contributed by atoms with van der Waals surface area (Å²) in [5.74, 6) is -5.86. The van der Waals surface area contributed by atoms with Crippen molar-refractivity contribution in [3.63, 3.8) is 0 Å². The van der Waals surface area contributed by atoms with Crippen molar-refractivity contribution in [2.45, 2.75) is 92.1 Å². The number of cyclic esters (lactones) is 1. The van der Waals surface area contributed by atoms with E-state index in [4.69, 9.17) is 4.74 Å². The van der Waals surface area contributed by atoms with Crippen LogP contribution in [0.2, 0.25) is 0 Å². The van der Waals surface area contributed by atoms with Crippen molar-refractivity contribution in [3.8, 4) is 23.0 Å². The SMILES string of the molecule is CCc1c(C)cc2cc3c(c(O)c2c1O)C(=O)C(C)(C1(C)C(=O)c2c(cc4cc(O)c5c(c4c2O)CC(C)OC5=O)C(C)(C)C1=O)C(=O)C3(C)C. The van der Waals surface area contributed by atoms with E-state index in [0.717, 1.165) is 5.56 Å². The van der Waals surface area contributed by atoms with Crippen LogP contribution in [-0.4, -0.2) is 55.6 Å². The number of benzene rings is 4. The van der Waals surface area contributed by atoms with Crippen molar-refractivity contribution >= 4 is 50.6 Å². The molecule has 0 fully saturated rings. The fraction of sp³-hybridized carbons (Fsp3) is 0.390. The van der Waals surface area contributed by atoms with E-state index in [2.05, 4.69) is 0 Å². The Hall–Kier alpha value is -5.25. The van der Waals surface area contributed by atoms with Crippen LogP contribution in [-0.2, 0) is 38.0 Å². The van der Waals surface area contributed by atoms with Gasteiger partial charge in [0.1, 0.15) is 45.5 Å². The Morgan fingerprint density at radius 2 is 1.16 bits per heavy atom. The van der Waals surface area contributed by atoms with Gasteiger partial charge >= 0.3 is 5.97 Å². The molecule has 0 saturated carbocycles. The van der Waals surface area contributed by atoms with Gasteiger partial charge in [0.15, 0.2) is 23.1 Å². The molecule has 7 rings (SSSR count). The summed E-state index contributed by atoms with van der Waals surface area (Å²) in [7, 11) is 0. The molecule has 4 N–H and O–H groups in total. The van der Waals surface area contributed by atoms with Crippen molar-refractivity contribution in [1.82, 2.24) is 0 Å². The van der Waals surface area contributed by atoms with Crippen molar-refractivity contribution in [2.24, 2.45) is 10.8 Å². The van der Waals surface area contributed by atoms with Gasteiger partial charge in [-0.05, 0) is 119 Å². The van der Waals surface area contributed by atoms with E-state index in [1.807, 2.05) is 13.8 Å². The van der Waals surface area contributed by atoms with Gasteiger partial charge in [0, 0.05) is 11.8 Å². The zero-order valence-electron chi connectivity index (χ0n) is 30.0. The molecular formula is C41H40O10. The summed E-state index contributed by atoms with van der Waals surface area (Å²) >= 11 is 0. The highest BCUT2D eigenvalue weighted by molar-refractivity contribution is 6.34. The predicted octanol–water partition coefficient (Wildman–Crippen LogP) is 6.59. The Kier molecular flexibility index (Phi) is 6.83. The van der Waals surface area contributed by atoms with E-state index >= 15 is 9.59 Å². The molecule has 4 aromatic carbocycles. The number of hydrogen-bond donors (Lipinski definition) is 4. The van der Waals surface area contributed by atoms with E-state index in [-0.39, 0.29) is 67.5 Å². The number of ether oxygens (including phenoxy) is 1. The van der Waals surface area contributed by atoms with Crippen LogP contribution in [0.15, 0.2) is 24.3 Å². The van der Waals surface area contributed by atoms with E-state index in [0.29, 0.717) is 17.4 Å². The average molecular weight is 693 g/mol. The summed E-state index contributed by atoms with van der Waals surface area (Å²) in [5.41, 5.74) is -6.61. The lowest BCUT2D eigenvalue weighted by atomic mass is 9.44. The second kappa shape index (κ2) is 10.2. The highest BCUT2D eigenvalue weighted by Gasteiger charge is 2.72. The van der Waals surface area contributed by atoms with Gasteiger partial charge in [0.25, 0.3) is 0 Å². The molecule has 0 amide bonds. The summed E-state index contributed by atoms with van der Waals surface area (Å²) in [4.78, 5) is 72.9. The molecule has 51 heavy (non-hydrogen) atoms. The molecule has 3 unspecified atom stereocenters. The molecule has 0 bridgehead atoms. The molecule has 0 saturated heterocycles. The van der Waals surface area contributed by atoms with Crippen molar-refractivity contribution < 1.29 is 49.1 Å². The van der Waals surface area contributed by atoms with E-state index < -0.39 is 68.4 Å². The highest BCUT2D eigenvalue weighted by Crippen LogP contribution is 2.61. The molecule has 264 valence electrons. The summed E-state index contributed by atoms with van der Waals surface area (Å²) in [6.07, 6.45) is -0.0507. The lowest BCUT2D eigenvalue weighted by molar-refractivity contribution is -0.146. The number of aromatic hydroxyl groups is 4. The Morgan fingerprint density at radius 3 is 1.65 bits per heavy atom. The molecule has 1 aliphatic heterocycles. The molecule has 10 heteroatoms. The number of Topliss-reactive ketones (excluding diaryl/α,β-unsaturated/α-hetero) is 4. The van der Waals surface area contributed by atoms with Crippen LogP contribution in [0.4, 0.5) is 0 Å². The van der Waals surface area contributed by atoms with Crippen molar-refractivity contribution in [3.05, 3.63) is 68.8 Å².